The van der Waals surface area contributed by atoms with Gasteiger partial charge in [-0.15, -0.1) is 0 Å². The molecule has 2 nitrogen and oxygen atoms in total. The molecular weight excluding hydrogens is 318 g/mol. The number of aromatic nitrogens is 1. The van der Waals surface area contributed by atoms with Crippen molar-refractivity contribution in [3.05, 3.63) is 78.4 Å². The van der Waals surface area contributed by atoms with Crippen LogP contribution in [0.1, 0.15) is 19.4 Å². The molecule has 0 radical (unpaired) electrons. The van der Waals surface area contributed by atoms with Crippen LogP contribution in [-0.2, 0) is 13.5 Å². The molecule has 0 bridgehead atoms. The van der Waals surface area contributed by atoms with Crippen LogP contribution >= 0.6 is 0 Å². The second-order valence-electron chi connectivity index (χ2n) is 7.61. The lowest BCUT2D eigenvalue weighted by Crippen LogP contribution is -2.30. The first-order chi connectivity index (χ1) is 12.5. The molecule has 1 heterocycles. The van der Waals surface area contributed by atoms with E-state index >= 15 is 0 Å². The summed E-state index contributed by atoms with van der Waals surface area (Å²) in [5, 5.41) is 12.9. The maximum Gasteiger partial charge on any atom is 0.213 e. The highest BCUT2D eigenvalue weighted by atomic mass is 16.3. The van der Waals surface area contributed by atoms with Crippen LogP contribution in [0.15, 0.2) is 72.8 Å². The summed E-state index contributed by atoms with van der Waals surface area (Å²) in [5.41, 5.74) is 5.28. The number of pyridine rings is 1. The summed E-state index contributed by atoms with van der Waals surface area (Å²) in [6.45, 7) is 3.73. The average molecular weight is 342 g/mol. The monoisotopic (exact) mass is 342 g/mol. The van der Waals surface area contributed by atoms with Gasteiger partial charge in [-0.3, -0.25) is 0 Å². The van der Waals surface area contributed by atoms with Gasteiger partial charge >= 0.3 is 0 Å². The summed E-state index contributed by atoms with van der Waals surface area (Å²) in [4.78, 5) is 0. The van der Waals surface area contributed by atoms with Gasteiger partial charge in [0.2, 0.25) is 11.0 Å². The van der Waals surface area contributed by atoms with Crippen LogP contribution in [0.4, 0.5) is 0 Å². The number of nitrogens with zero attached hydrogens (tertiary/aromatic N) is 1. The smallest absolute Gasteiger partial charge is 0.213 e. The molecule has 0 aliphatic carbocycles. The summed E-state index contributed by atoms with van der Waals surface area (Å²) in [7, 11) is 2.12. The number of para-hydroxylation sites is 2. The fourth-order valence-corrected chi connectivity index (χ4v) is 3.90. The topological polar surface area (TPSA) is 24.1 Å². The Morgan fingerprint density at radius 3 is 1.85 bits per heavy atom. The van der Waals surface area contributed by atoms with E-state index < -0.39 is 5.60 Å². The maximum absolute atomic E-state index is 10.4. The molecule has 0 saturated heterocycles. The number of benzene rings is 3. The van der Waals surface area contributed by atoms with Crippen molar-refractivity contribution in [2.75, 3.05) is 0 Å². The molecule has 1 N–H and O–H groups in total. The van der Waals surface area contributed by atoms with Gasteiger partial charge in [-0.2, -0.15) is 4.57 Å². The van der Waals surface area contributed by atoms with Crippen molar-refractivity contribution in [2.45, 2.75) is 25.9 Å². The number of rotatable bonds is 3. The lowest BCUT2D eigenvalue weighted by molar-refractivity contribution is -0.617. The van der Waals surface area contributed by atoms with Crippen molar-refractivity contribution in [1.82, 2.24) is 0 Å². The van der Waals surface area contributed by atoms with Crippen LogP contribution in [0.3, 0.4) is 0 Å². The van der Waals surface area contributed by atoms with Crippen molar-refractivity contribution in [3.8, 4) is 11.1 Å². The minimum atomic E-state index is -0.749. The van der Waals surface area contributed by atoms with Crippen LogP contribution in [0.5, 0.6) is 0 Å². The molecule has 0 aliphatic rings. The van der Waals surface area contributed by atoms with E-state index in [0.717, 1.165) is 0 Å². The molecule has 26 heavy (non-hydrogen) atoms. The number of hydrogen-bond acceptors (Lipinski definition) is 1. The van der Waals surface area contributed by atoms with Crippen molar-refractivity contribution in [3.63, 3.8) is 0 Å². The standard InChI is InChI=1S/C24H24NO/c1-24(2,26)16-17-10-4-5-11-18(17)23-19-12-6-8-14-21(19)25(3)22-15-9-7-13-20(22)23/h4-15,26H,16H2,1-3H3/q+1. The van der Waals surface area contributed by atoms with Gasteiger partial charge in [0.05, 0.1) is 16.4 Å². The van der Waals surface area contributed by atoms with Gasteiger partial charge in [-0.25, -0.2) is 0 Å². The Labute approximate surface area is 154 Å². The van der Waals surface area contributed by atoms with Crippen LogP contribution in [-0.4, -0.2) is 10.7 Å². The molecular formula is C24H24NO+. The van der Waals surface area contributed by atoms with Crippen LogP contribution in [0.25, 0.3) is 32.9 Å². The Morgan fingerprint density at radius 2 is 1.27 bits per heavy atom. The van der Waals surface area contributed by atoms with Gasteiger partial charge in [0.25, 0.3) is 0 Å². The zero-order valence-electron chi connectivity index (χ0n) is 15.5. The Morgan fingerprint density at radius 1 is 0.769 bits per heavy atom. The predicted molar refractivity (Wildman–Crippen MR) is 108 cm³/mol. The van der Waals surface area contributed by atoms with E-state index in [2.05, 4.69) is 84.4 Å². The van der Waals surface area contributed by atoms with Crippen LogP contribution in [0.2, 0.25) is 0 Å². The second-order valence-corrected chi connectivity index (χ2v) is 7.61. The molecule has 3 aromatic carbocycles. The molecule has 4 aromatic rings. The third-order valence-corrected chi connectivity index (χ3v) is 4.98. The molecule has 0 saturated carbocycles. The summed E-state index contributed by atoms with van der Waals surface area (Å²) in [5.74, 6) is 0. The van der Waals surface area contributed by atoms with Gasteiger partial charge in [0.1, 0.15) is 7.05 Å². The van der Waals surface area contributed by atoms with E-state index in [0.29, 0.717) is 6.42 Å². The SMILES string of the molecule is C[n+]1c2ccccc2c(-c2ccccc2CC(C)(C)O)c2ccccc21. The third kappa shape index (κ3) is 2.87. The molecule has 130 valence electrons. The van der Waals surface area contributed by atoms with Gasteiger partial charge < -0.3 is 5.11 Å². The van der Waals surface area contributed by atoms with Crippen molar-refractivity contribution >= 4 is 21.8 Å². The van der Waals surface area contributed by atoms with Gasteiger partial charge in [-0.1, -0.05) is 48.5 Å². The minimum absolute atomic E-state index is 0.618. The van der Waals surface area contributed by atoms with E-state index in [9.17, 15) is 5.11 Å². The first-order valence-electron chi connectivity index (χ1n) is 9.06. The summed E-state index contributed by atoms with van der Waals surface area (Å²) < 4.78 is 2.26. The number of hydrogen-bond donors (Lipinski definition) is 1. The minimum Gasteiger partial charge on any atom is -0.390 e. The lowest BCUT2D eigenvalue weighted by Gasteiger charge is -2.20. The van der Waals surface area contributed by atoms with E-state index in [4.69, 9.17) is 0 Å². The fourth-order valence-electron chi connectivity index (χ4n) is 3.90. The molecule has 1 aromatic heterocycles. The maximum atomic E-state index is 10.4. The van der Waals surface area contributed by atoms with Crippen molar-refractivity contribution in [1.29, 1.82) is 0 Å². The molecule has 2 heteroatoms. The summed E-state index contributed by atoms with van der Waals surface area (Å²) in [6, 6.07) is 25.5. The average Bonchev–Trinajstić information content (AvgIpc) is 2.62. The highest BCUT2D eigenvalue weighted by molar-refractivity contribution is 6.07. The number of aliphatic hydroxyl groups is 1. The zero-order chi connectivity index (χ0) is 18.3. The summed E-state index contributed by atoms with van der Waals surface area (Å²) in [6.07, 6.45) is 0.618. The Balaban J connectivity index is 2.14. The number of fused-ring (bicyclic) bond motifs is 2. The highest BCUT2D eigenvalue weighted by Gasteiger charge is 2.22. The number of aryl methyl sites for hydroxylation is 1. The zero-order valence-corrected chi connectivity index (χ0v) is 15.5. The third-order valence-electron chi connectivity index (χ3n) is 4.98. The predicted octanol–water partition coefficient (Wildman–Crippen LogP) is 4.80. The second kappa shape index (κ2) is 6.22. The van der Waals surface area contributed by atoms with E-state index in [1.54, 1.807) is 0 Å². The fraction of sp³-hybridized carbons (Fsp3) is 0.208. The molecule has 4 rings (SSSR count). The highest BCUT2D eigenvalue weighted by Crippen LogP contribution is 2.36. The van der Waals surface area contributed by atoms with Crippen LogP contribution in [0, 0.1) is 0 Å². The molecule has 0 unspecified atom stereocenters. The van der Waals surface area contributed by atoms with Crippen LogP contribution < -0.4 is 4.57 Å². The van der Waals surface area contributed by atoms with Gasteiger partial charge in [-0.05, 0) is 37.1 Å². The first kappa shape index (κ1) is 16.7. The van der Waals surface area contributed by atoms with E-state index in [-0.39, 0.29) is 0 Å². The Kier molecular flexibility index (Phi) is 4.01. The van der Waals surface area contributed by atoms with Gasteiger partial charge in [0.15, 0.2) is 0 Å². The lowest BCUT2D eigenvalue weighted by atomic mass is 9.88. The van der Waals surface area contributed by atoms with Gasteiger partial charge in [0, 0.05) is 24.1 Å². The molecule has 0 atom stereocenters. The molecule has 0 aliphatic heterocycles. The van der Waals surface area contributed by atoms with E-state index in [1.165, 1.54) is 38.5 Å². The molecule has 0 amide bonds. The molecule has 0 fully saturated rings. The Bertz CT molecular complexity index is 1050. The van der Waals surface area contributed by atoms with Crippen molar-refractivity contribution in [2.24, 2.45) is 7.05 Å². The summed E-state index contributed by atoms with van der Waals surface area (Å²) >= 11 is 0. The Hall–Kier alpha value is -2.71. The largest absolute Gasteiger partial charge is 0.390 e. The molecule has 0 spiro atoms. The van der Waals surface area contributed by atoms with E-state index in [1.807, 2.05) is 13.8 Å². The quantitative estimate of drug-likeness (QED) is 0.420. The first-order valence-corrected chi connectivity index (χ1v) is 9.06. The normalized spacial score (nSPS) is 12.0. The van der Waals surface area contributed by atoms with Crippen molar-refractivity contribution < 1.29 is 9.67 Å².